The zero-order valence-electron chi connectivity index (χ0n) is 52.1. The van der Waals surface area contributed by atoms with Crippen molar-refractivity contribution in [2.45, 2.75) is 161 Å². The second-order valence-electron chi connectivity index (χ2n) is 23.4. The number of H-pyrrole nitrogens is 2. The molecule has 0 radical (unpaired) electrons. The smallest absolute Gasteiger partial charge is 0.243 e. The second-order valence-corrected chi connectivity index (χ2v) is 23.4. The van der Waals surface area contributed by atoms with Gasteiger partial charge in [0.1, 0.15) is 60.1 Å². The van der Waals surface area contributed by atoms with Gasteiger partial charge in [0.05, 0.1) is 0 Å². The summed E-state index contributed by atoms with van der Waals surface area (Å²) in [5.41, 5.74) is 15.3. The average Bonchev–Trinajstić information content (AvgIpc) is 1.97. The minimum Gasteiger partial charge on any atom is -0.508 e. The van der Waals surface area contributed by atoms with Crippen LogP contribution in [-0.2, 0) is 73.6 Å². The summed E-state index contributed by atoms with van der Waals surface area (Å²) in [7, 11) is 0. The minimum absolute atomic E-state index is 0.0192. The number of amides is 10. The summed E-state index contributed by atoms with van der Waals surface area (Å²) < 4.78 is 0. The molecule has 10 atom stereocenters. The third-order valence-corrected chi connectivity index (χ3v) is 15.7. The fourth-order valence-electron chi connectivity index (χ4n) is 10.4. The van der Waals surface area contributed by atoms with E-state index in [0.29, 0.717) is 36.0 Å². The van der Waals surface area contributed by atoms with Crippen LogP contribution in [0.3, 0.4) is 0 Å². The molecule has 0 aliphatic heterocycles. The number of hydrogen-bond donors (Lipinski definition) is 14. The number of phenolic OH excluding ortho intramolecular Hbond substituents is 1. The van der Waals surface area contributed by atoms with Crippen LogP contribution >= 0.6 is 0 Å². The number of phenols is 1. The van der Waals surface area contributed by atoms with Crippen molar-refractivity contribution in [1.29, 1.82) is 0 Å². The van der Waals surface area contributed by atoms with Gasteiger partial charge in [-0.25, -0.2) is 0 Å². The van der Waals surface area contributed by atoms with Crippen LogP contribution in [0.25, 0.3) is 21.8 Å². The number of carbonyl (C=O) groups excluding carboxylic acids is 10. The molecule has 24 heteroatoms. The number of para-hydroxylation sites is 2. The number of aromatic amines is 2. The SMILES string of the molecule is CC[C@H](C)[C@H](NC(=O)[C@H](Cc1c[nH]c2ccccc12)NC(=O)[C@H](Cc1ccccc1)NC(C)=O)C(=O)N[C@@H](C)C(=O)N[C@@H](Cc1c[nH]c2ccccc12)C(=O)N[C@@H](Cc1ccc(O)cc1)C(=O)N[C@@H](CCCCN)C(=O)N[C@@H](CC(C)C)C(=O)N[C@@H](C)C(N)=O. The van der Waals surface area contributed by atoms with Gasteiger partial charge in [-0.15, -0.1) is 0 Å². The lowest BCUT2D eigenvalue weighted by molar-refractivity contribution is -0.136. The summed E-state index contributed by atoms with van der Waals surface area (Å²) >= 11 is 0. The predicted octanol–water partition coefficient (Wildman–Crippen LogP) is 2.75. The Balaban J connectivity index is 1.26. The Kier molecular flexibility index (Phi) is 26.0. The van der Waals surface area contributed by atoms with Gasteiger partial charge in [-0.1, -0.05) is 113 Å². The Morgan fingerprint density at radius 1 is 0.467 bits per heavy atom. The number of carbonyl (C=O) groups is 10. The molecule has 4 aromatic carbocycles. The predicted molar refractivity (Wildman–Crippen MR) is 341 cm³/mol. The van der Waals surface area contributed by atoms with Crippen LogP contribution in [0.1, 0.15) is 103 Å². The number of nitrogens with two attached hydrogens (primary N) is 2. The molecule has 0 unspecified atom stereocenters. The van der Waals surface area contributed by atoms with Crippen molar-refractivity contribution in [3.63, 3.8) is 0 Å². The Morgan fingerprint density at radius 2 is 0.900 bits per heavy atom. The summed E-state index contributed by atoms with van der Waals surface area (Å²) in [6, 6.07) is 18.5. The van der Waals surface area contributed by atoms with E-state index in [0.717, 1.165) is 27.4 Å². The third kappa shape index (κ3) is 20.5. The molecule has 16 N–H and O–H groups in total. The maximum absolute atomic E-state index is 15.0. The van der Waals surface area contributed by atoms with E-state index in [1.807, 2.05) is 87.5 Å². The van der Waals surface area contributed by atoms with Gasteiger partial charge < -0.3 is 74.4 Å². The van der Waals surface area contributed by atoms with E-state index >= 15 is 0 Å². The summed E-state index contributed by atoms with van der Waals surface area (Å²) in [6.07, 6.45) is 4.71. The summed E-state index contributed by atoms with van der Waals surface area (Å²) in [6.45, 7) is 11.6. The summed E-state index contributed by atoms with van der Waals surface area (Å²) in [5.74, 6) is -7.87. The number of benzene rings is 4. The highest BCUT2D eigenvalue weighted by atomic mass is 16.3. The molecule has 0 aliphatic rings. The molecule has 6 aromatic rings. The molecule has 90 heavy (non-hydrogen) atoms. The monoisotopic (exact) mass is 1240 g/mol. The first-order valence-electron chi connectivity index (χ1n) is 30.6. The zero-order chi connectivity index (χ0) is 65.6. The van der Waals surface area contributed by atoms with Crippen molar-refractivity contribution >= 4 is 80.9 Å². The maximum Gasteiger partial charge on any atom is 0.243 e. The molecule has 0 aliphatic carbocycles. The van der Waals surface area contributed by atoms with Crippen LogP contribution in [0.4, 0.5) is 0 Å². The minimum atomic E-state index is -1.43. The Morgan fingerprint density at radius 3 is 1.41 bits per heavy atom. The number of aromatic hydroxyl groups is 1. The number of rotatable bonds is 34. The largest absolute Gasteiger partial charge is 0.508 e. The lowest BCUT2D eigenvalue weighted by atomic mass is 9.96. The average molecular weight is 1240 g/mol. The van der Waals surface area contributed by atoms with Crippen LogP contribution in [-0.4, -0.2) is 135 Å². The molecule has 0 spiro atoms. The van der Waals surface area contributed by atoms with Crippen LogP contribution < -0.4 is 59.3 Å². The fraction of sp³-hybridized carbons (Fsp3) is 0.424. The Labute approximate surface area is 523 Å². The highest BCUT2D eigenvalue weighted by Gasteiger charge is 2.36. The fourth-order valence-corrected chi connectivity index (χ4v) is 10.4. The van der Waals surface area contributed by atoms with Crippen molar-refractivity contribution in [3.05, 3.63) is 138 Å². The number of primary amides is 1. The van der Waals surface area contributed by atoms with Gasteiger partial charge in [-0.2, -0.15) is 0 Å². The molecule has 482 valence electrons. The first-order chi connectivity index (χ1) is 42.9. The quantitative estimate of drug-likeness (QED) is 0.0260. The van der Waals surface area contributed by atoms with E-state index in [9.17, 15) is 53.1 Å². The first-order valence-corrected chi connectivity index (χ1v) is 30.6. The lowest BCUT2D eigenvalue weighted by Crippen LogP contribution is -2.61. The Hall–Kier alpha value is -9.58. The zero-order valence-corrected chi connectivity index (χ0v) is 52.1. The van der Waals surface area contributed by atoms with Gasteiger partial charge >= 0.3 is 0 Å². The number of nitrogens with one attached hydrogen (secondary N) is 11. The highest BCUT2D eigenvalue weighted by molar-refractivity contribution is 5.99. The molecule has 0 saturated heterocycles. The van der Waals surface area contributed by atoms with Crippen molar-refractivity contribution in [3.8, 4) is 5.75 Å². The van der Waals surface area contributed by atoms with Crippen molar-refractivity contribution < 1.29 is 53.1 Å². The van der Waals surface area contributed by atoms with Gasteiger partial charge in [0.15, 0.2) is 0 Å². The number of fused-ring (bicyclic) bond motifs is 2. The van der Waals surface area contributed by atoms with Gasteiger partial charge in [0, 0.05) is 66.8 Å². The molecule has 2 aromatic heterocycles. The molecular weight excluding hydrogens is 1150 g/mol. The van der Waals surface area contributed by atoms with Crippen molar-refractivity contribution in [2.24, 2.45) is 23.3 Å². The van der Waals surface area contributed by atoms with Crippen LogP contribution in [0.15, 0.2) is 116 Å². The topological polar surface area (TPSA) is 383 Å². The van der Waals surface area contributed by atoms with Crippen molar-refractivity contribution in [2.75, 3.05) is 6.54 Å². The van der Waals surface area contributed by atoms with Crippen LogP contribution in [0.5, 0.6) is 5.75 Å². The third-order valence-electron chi connectivity index (χ3n) is 15.7. The molecule has 24 nitrogen and oxygen atoms in total. The van der Waals surface area contributed by atoms with E-state index in [4.69, 9.17) is 11.5 Å². The first kappa shape index (κ1) is 69.5. The van der Waals surface area contributed by atoms with Crippen LogP contribution in [0, 0.1) is 11.8 Å². The molecule has 0 fully saturated rings. The lowest BCUT2D eigenvalue weighted by Gasteiger charge is -2.29. The van der Waals surface area contributed by atoms with E-state index < -0.39 is 119 Å². The second kappa shape index (κ2) is 33.7. The van der Waals surface area contributed by atoms with Gasteiger partial charge in [-0.3, -0.25) is 47.9 Å². The van der Waals surface area contributed by atoms with Crippen molar-refractivity contribution in [1.82, 2.24) is 57.8 Å². The van der Waals surface area contributed by atoms with Crippen LogP contribution in [0.2, 0.25) is 0 Å². The van der Waals surface area contributed by atoms with E-state index in [2.05, 4.69) is 57.8 Å². The number of aromatic nitrogens is 2. The van der Waals surface area contributed by atoms with E-state index in [1.54, 1.807) is 43.6 Å². The molecular formula is C66H87N13O11. The molecule has 10 amide bonds. The maximum atomic E-state index is 15.0. The van der Waals surface area contributed by atoms with E-state index in [-0.39, 0.29) is 56.7 Å². The number of hydrogen-bond acceptors (Lipinski definition) is 12. The standard InChI is InChI=1S/C66H87N13O11/c1-8-38(4)57(79-65(89)56(34-45-36-70-50-23-15-13-21-48(45)50)78-62(86)53(73-41(7)80)31-42-18-10-9-11-19-42)66(90)72-40(6)59(83)75-55(33-44-35-69-49-22-14-12-20-47(44)49)64(88)77-54(32-43-25-27-46(81)28-26-43)63(87)74-51(24-16-17-29-67)60(84)76-52(30-37(2)3)61(85)71-39(5)58(68)82/h9-15,18-23,25-28,35-40,51-57,69-70,81H,8,16-17,24,29-34,67H2,1-7H3,(H2,68,82)(H,71,85)(H,72,90)(H,73,80)(H,74,87)(H,75,83)(H,76,84)(H,77,88)(H,78,86)(H,79,89)/t38-,39-,40-,51-,52-,53-,54-,55-,56-,57-/m0/s1. The van der Waals surface area contributed by atoms with Gasteiger partial charge in [0.25, 0.3) is 0 Å². The molecule has 2 heterocycles. The summed E-state index contributed by atoms with van der Waals surface area (Å²) in [5, 5.41) is 36.5. The van der Waals surface area contributed by atoms with E-state index in [1.165, 1.54) is 32.9 Å². The molecule has 6 rings (SSSR count). The molecule has 0 bridgehead atoms. The number of unbranched alkanes of at least 4 members (excludes halogenated alkanes) is 1. The van der Waals surface area contributed by atoms with Gasteiger partial charge in [-0.05, 0) is 104 Å². The van der Waals surface area contributed by atoms with Gasteiger partial charge in [0.2, 0.25) is 59.1 Å². The normalized spacial score (nSPS) is 14.6. The molecule has 0 saturated carbocycles. The highest BCUT2D eigenvalue weighted by Crippen LogP contribution is 2.22. The Bertz CT molecular complexity index is 3440. The summed E-state index contributed by atoms with van der Waals surface area (Å²) in [4.78, 5) is 146.